The van der Waals surface area contributed by atoms with Gasteiger partial charge in [-0.3, -0.25) is 9.59 Å². The molecule has 0 saturated heterocycles. The minimum Gasteiger partial charge on any atom is -0.462 e. The molecular formula is C53H94O5. The molecular weight excluding hydrogens is 717 g/mol. The zero-order chi connectivity index (χ0) is 42.1. The first-order valence-corrected chi connectivity index (χ1v) is 24.8. The highest BCUT2D eigenvalue weighted by Gasteiger charge is 2.17. The van der Waals surface area contributed by atoms with Crippen molar-refractivity contribution in [3.05, 3.63) is 60.8 Å². The van der Waals surface area contributed by atoms with Crippen molar-refractivity contribution in [3.8, 4) is 0 Å². The number of hydrogen-bond acceptors (Lipinski definition) is 5. The first-order valence-electron chi connectivity index (χ1n) is 24.8. The second-order valence-electron chi connectivity index (χ2n) is 16.3. The van der Waals surface area contributed by atoms with E-state index in [0.29, 0.717) is 19.4 Å². The molecule has 0 rings (SSSR count). The van der Waals surface area contributed by atoms with E-state index in [1.807, 2.05) is 0 Å². The van der Waals surface area contributed by atoms with E-state index >= 15 is 0 Å². The van der Waals surface area contributed by atoms with E-state index in [1.54, 1.807) is 0 Å². The van der Waals surface area contributed by atoms with Gasteiger partial charge in [0.1, 0.15) is 6.61 Å². The van der Waals surface area contributed by atoms with Crippen LogP contribution in [0.3, 0.4) is 0 Å². The Labute approximate surface area is 360 Å². The predicted octanol–water partition coefficient (Wildman–Crippen LogP) is 16.6. The van der Waals surface area contributed by atoms with Crippen LogP contribution in [-0.2, 0) is 23.8 Å². The Morgan fingerprint density at radius 1 is 0.397 bits per heavy atom. The van der Waals surface area contributed by atoms with E-state index in [1.165, 1.54) is 135 Å². The highest BCUT2D eigenvalue weighted by Crippen LogP contribution is 2.15. The van der Waals surface area contributed by atoms with Gasteiger partial charge in [-0.1, -0.05) is 210 Å². The van der Waals surface area contributed by atoms with Crippen molar-refractivity contribution in [1.29, 1.82) is 0 Å². The molecule has 0 N–H and O–H groups in total. The summed E-state index contributed by atoms with van der Waals surface area (Å²) in [6.45, 7) is 7.64. The number of rotatable bonds is 45. The maximum Gasteiger partial charge on any atom is 0.306 e. The van der Waals surface area contributed by atoms with E-state index in [2.05, 4.69) is 81.5 Å². The Kier molecular flexibility index (Phi) is 46.9. The van der Waals surface area contributed by atoms with Crippen LogP contribution in [0, 0.1) is 0 Å². The quantitative estimate of drug-likeness (QED) is 0.0348. The standard InChI is InChI=1S/C53H94O5/c1-4-7-10-13-16-19-22-25-27-29-31-34-37-40-43-46-52(54)57-50-51(49-56-48-45-42-39-36-33-24-21-18-15-12-9-6-3)58-53(55)47-44-41-38-35-32-30-28-26-23-20-17-14-11-8-5-2/h7,10,15-16,18-19,25,27,31,34,51H,4-6,8-9,11-14,17,20-24,26,28-30,32-33,35-50H2,1-3H3/b10-7-,18-15-,19-16-,27-25-,34-31-. The molecule has 0 aromatic heterocycles. The van der Waals surface area contributed by atoms with Crippen LogP contribution in [0.15, 0.2) is 60.8 Å². The molecule has 336 valence electrons. The molecule has 1 atom stereocenters. The summed E-state index contributed by atoms with van der Waals surface area (Å²) in [5.41, 5.74) is 0. The average Bonchev–Trinajstić information content (AvgIpc) is 3.22. The Bertz CT molecular complexity index is 1010. The second kappa shape index (κ2) is 49.0. The monoisotopic (exact) mass is 811 g/mol. The van der Waals surface area contributed by atoms with Crippen LogP contribution in [0.25, 0.3) is 0 Å². The average molecular weight is 811 g/mol. The van der Waals surface area contributed by atoms with E-state index in [-0.39, 0.29) is 25.2 Å². The van der Waals surface area contributed by atoms with E-state index < -0.39 is 6.10 Å². The van der Waals surface area contributed by atoms with Crippen LogP contribution < -0.4 is 0 Å². The molecule has 0 amide bonds. The number of carbonyl (C=O) groups excluding carboxylic acids is 2. The maximum absolute atomic E-state index is 12.8. The van der Waals surface area contributed by atoms with Gasteiger partial charge in [0, 0.05) is 19.4 Å². The SMILES string of the molecule is CC/C=C\C/C=C\C/C=C\C/C=C\CCCCC(=O)OCC(COCCCCCCCC/C=C\CCCC)OC(=O)CCCCCCCCCCCCCCCCC. The highest BCUT2D eigenvalue weighted by molar-refractivity contribution is 5.70. The summed E-state index contributed by atoms with van der Waals surface area (Å²) in [4.78, 5) is 25.3. The van der Waals surface area contributed by atoms with Gasteiger partial charge in [-0.15, -0.1) is 0 Å². The molecule has 0 aliphatic rings. The molecule has 5 nitrogen and oxygen atoms in total. The van der Waals surface area contributed by atoms with Gasteiger partial charge in [0.2, 0.25) is 0 Å². The molecule has 0 aromatic carbocycles. The molecule has 0 heterocycles. The smallest absolute Gasteiger partial charge is 0.306 e. The van der Waals surface area contributed by atoms with Crippen LogP contribution >= 0.6 is 0 Å². The molecule has 0 aliphatic heterocycles. The summed E-state index contributed by atoms with van der Waals surface area (Å²) in [6, 6.07) is 0. The molecule has 0 fully saturated rings. The van der Waals surface area contributed by atoms with Crippen LogP contribution in [-0.4, -0.2) is 37.9 Å². The fourth-order valence-corrected chi connectivity index (χ4v) is 6.83. The van der Waals surface area contributed by atoms with E-state index in [4.69, 9.17) is 14.2 Å². The normalized spacial score (nSPS) is 12.7. The molecule has 0 bridgehead atoms. The van der Waals surface area contributed by atoms with Gasteiger partial charge < -0.3 is 14.2 Å². The molecule has 5 heteroatoms. The number of hydrogen-bond donors (Lipinski definition) is 0. The van der Waals surface area contributed by atoms with Gasteiger partial charge in [0.15, 0.2) is 6.10 Å². The minimum atomic E-state index is -0.553. The Morgan fingerprint density at radius 3 is 1.34 bits per heavy atom. The van der Waals surface area contributed by atoms with Crippen molar-refractivity contribution in [3.63, 3.8) is 0 Å². The highest BCUT2D eigenvalue weighted by atomic mass is 16.6. The predicted molar refractivity (Wildman–Crippen MR) is 251 cm³/mol. The van der Waals surface area contributed by atoms with E-state index in [9.17, 15) is 9.59 Å². The lowest BCUT2D eigenvalue weighted by Gasteiger charge is -2.18. The third-order valence-electron chi connectivity index (χ3n) is 10.5. The summed E-state index contributed by atoms with van der Waals surface area (Å²) in [5, 5.41) is 0. The van der Waals surface area contributed by atoms with Crippen LogP contribution in [0.2, 0.25) is 0 Å². The largest absolute Gasteiger partial charge is 0.462 e. The molecule has 0 spiro atoms. The molecule has 0 aliphatic carbocycles. The van der Waals surface area contributed by atoms with Crippen LogP contribution in [0.5, 0.6) is 0 Å². The van der Waals surface area contributed by atoms with Crippen molar-refractivity contribution in [2.24, 2.45) is 0 Å². The summed E-state index contributed by atoms with van der Waals surface area (Å²) in [7, 11) is 0. The third kappa shape index (κ3) is 46.3. The lowest BCUT2D eigenvalue weighted by Crippen LogP contribution is -2.30. The number of esters is 2. The Hall–Kier alpha value is -2.40. The molecule has 0 saturated carbocycles. The zero-order valence-corrected chi connectivity index (χ0v) is 38.6. The first kappa shape index (κ1) is 55.6. The fraction of sp³-hybridized carbons (Fsp3) is 0.774. The Balaban J connectivity index is 4.31. The Morgan fingerprint density at radius 2 is 0.793 bits per heavy atom. The van der Waals surface area contributed by atoms with Crippen molar-refractivity contribution >= 4 is 11.9 Å². The lowest BCUT2D eigenvalue weighted by atomic mass is 10.0. The summed E-state index contributed by atoms with van der Waals surface area (Å²) < 4.78 is 17.3. The number of allylic oxidation sites excluding steroid dienone is 10. The van der Waals surface area contributed by atoms with Crippen molar-refractivity contribution in [2.45, 2.75) is 245 Å². The summed E-state index contributed by atoms with van der Waals surface area (Å²) in [6.07, 6.45) is 60.8. The number of ether oxygens (including phenoxy) is 3. The first-order chi connectivity index (χ1) is 28.6. The van der Waals surface area contributed by atoms with Crippen molar-refractivity contribution < 1.29 is 23.8 Å². The molecule has 1 unspecified atom stereocenters. The summed E-state index contributed by atoms with van der Waals surface area (Å²) in [5.74, 6) is -0.442. The molecule has 0 aromatic rings. The lowest BCUT2D eigenvalue weighted by molar-refractivity contribution is -0.163. The summed E-state index contributed by atoms with van der Waals surface area (Å²) >= 11 is 0. The van der Waals surface area contributed by atoms with Crippen LogP contribution in [0.4, 0.5) is 0 Å². The van der Waals surface area contributed by atoms with Gasteiger partial charge in [0.25, 0.3) is 0 Å². The fourth-order valence-electron chi connectivity index (χ4n) is 6.83. The van der Waals surface area contributed by atoms with E-state index in [0.717, 1.165) is 70.6 Å². The zero-order valence-electron chi connectivity index (χ0n) is 38.6. The van der Waals surface area contributed by atoms with Gasteiger partial charge in [-0.05, 0) is 77.0 Å². The second-order valence-corrected chi connectivity index (χ2v) is 16.3. The number of unbranched alkanes of at least 4 members (excludes halogenated alkanes) is 24. The minimum absolute atomic E-state index is 0.0627. The number of carbonyl (C=O) groups is 2. The third-order valence-corrected chi connectivity index (χ3v) is 10.5. The van der Waals surface area contributed by atoms with Crippen LogP contribution in [0.1, 0.15) is 239 Å². The van der Waals surface area contributed by atoms with Gasteiger partial charge in [-0.2, -0.15) is 0 Å². The molecule has 58 heavy (non-hydrogen) atoms. The van der Waals surface area contributed by atoms with Crippen molar-refractivity contribution in [2.75, 3.05) is 19.8 Å². The topological polar surface area (TPSA) is 61.8 Å². The van der Waals surface area contributed by atoms with Gasteiger partial charge >= 0.3 is 11.9 Å². The van der Waals surface area contributed by atoms with Gasteiger partial charge in [-0.25, -0.2) is 0 Å². The van der Waals surface area contributed by atoms with Gasteiger partial charge in [0.05, 0.1) is 6.61 Å². The molecule has 0 radical (unpaired) electrons. The maximum atomic E-state index is 12.8. The van der Waals surface area contributed by atoms with Crippen molar-refractivity contribution in [1.82, 2.24) is 0 Å².